The monoisotopic (exact) mass is 510 g/mol. The molecule has 38 heavy (non-hydrogen) atoms. The van der Waals surface area contributed by atoms with E-state index in [1.54, 1.807) is 0 Å². The van der Waals surface area contributed by atoms with Gasteiger partial charge in [0.2, 0.25) is 0 Å². The lowest BCUT2D eigenvalue weighted by Gasteiger charge is -2.25. The SMILES string of the molecule is CC(C)(C)Oc1cccc(C(O)c2ccc(-c3ccc(C(O)c4ccccc4OC(C)(C)C)cc3)cc2)c1. The molecular formula is C34H38O4. The van der Waals surface area contributed by atoms with Crippen molar-refractivity contribution in [3.8, 4) is 22.6 Å². The molecule has 0 saturated carbocycles. The molecule has 2 N–H and O–H groups in total. The second kappa shape index (κ2) is 11.0. The number of aliphatic hydroxyl groups excluding tert-OH is 2. The quantitative estimate of drug-likeness (QED) is 0.266. The van der Waals surface area contributed by atoms with Crippen LogP contribution in [0, 0.1) is 0 Å². The van der Waals surface area contributed by atoms with Crippen LogP contribution in [-0.2, 0) is 0 Å². The van der Waals surface area contributed by atoms with E-state index in [1.165, 1.54) is 0 Å². The van der Waals surface area contributed by atoms with Gasteiger partial charge in [-0.2, -0.15) is 0 Å². The van der Waals surface area contributed by atoms with Crippen LogP contribution in [0.15, 0.2) is 97.1 Å². The zero-order chi connectivity index (χ0) is 27.5. The van der Waals surface area contributed by atoms with Gasteiger partial charge in [-0.25, -0.2) is 0 Å². The van der Waals surface area contributed by atoms with Crippen molar-refractivity contribution < 1.29 is 19.7 Å². The van der Waals surface area contributed by atoms with Crippen LogP contribution < -0.4 is 9.47 Å². The normalized spacial score (nSPS) is 13.6. The Bertz CT molecular complexity index is 1340. The molecule has 2 atom stereocenters. The maximum atomic E-state index is 11.1. The van der Waals surface area contributed by atoms with Crippen LogP contribution in [0.25, 0.3) is 11.1 Å². The molecule has 0 amide bonds. The first-order valence-corrected chi connectivity index (χ1v) is 13.0. The number of aliphatic hydroxyl groups is 2. The molecule has 4 heteroatoms. The summed E-state index contributed by atoms with van der Waals surface area (Å²) >= 11 is 0. The number of para-hydroxylation sites is 1. The molecule has 0 radical (unpaired) electrons. The highest BCUT2D eigenvalue weighted by molar-refractivity contribution is 5.64. The maximum absolute atomic E-state index is 11.1. The van der Waals surface area contributed by atoms with Crippen LogP contribution in [0.2, 0.25) is 0 Å². The first-order chi connectivity index (χ1) is 17.9. The summed E-state index contributed by atoms with van der Waals surface area (Å²) in [5.74, 6) is 1.42. The lowest BCUT2D eigenvalue weighted by molar-refractivity contribution is 0.123. The van der Waals surface area contributed by atoms with Crippen LogP contribution >= 0.6 is 0 Å². The minimum absolute atomic E-state index is 0.305. The average Bonchev–Trinajstić information content (AvgIpc) is 2.87. The van der Waals surface area contributed by atoms with Crippen LogP contribution in [-0.4, -0.2) is 21.4 Å². The van der Waals surface area contributed by atoms with Crippen LogP contribution in [0.4, 0.5) is 0 Å². The fourth-order valence-corrected chi connectivity index (χ4v) is 4.32. The lowest BCUT2D eigenvalue weighted by atomic mass is 9.95. The topological polar surface area (TPSA) is 58.9 Å². The molecule has 4 nitrogen and oxygen atoms in total. The molecule has 0 aliphatic rings. The molecule has 4 rings (SSSR count). The van der Waals surface area contributed by atoms with Gasteiger partial charge >= 0.3 is 0 Å². The number of benzene rings is 4. The molecule has 0 fully saturated rings. The Morgan fingerprint density at radius 2 is 1.05 bits per heavy atom. The van der Waals surface area contributed by atoms with E-state index in [9.17, 15) is 10.2 Å². The summed E-state index contributed by atoms with van der Waals surface area (Å²) in [6.45, 7) is 12.0. The van der Waals surface area contributed by atoms with E-state index in [-0.39, 0.29) is 11.2 Å². The lowest BCUT2D eigenvalue weighted by Crippen LogP contribution is -2.24. The zero-order valence-electron chi connectivity index (χ0n) is 23.1. The minimum atomic E-state index is -0.793. The van der Waals surface area contributed by atoms with Gasteiger partial charge in [-0.3, -0.25) is 0 Å². The Morgan fingerprint density at radius 1 is 0.526 bits per heavy atom. The summed E-state index contributed by atoms with van der Waals surface area (Å²) in [5.41, 5.74) is 4.53. The van der Waals surface area contributed by atoms with E-state index < -0.39 is 12.2 Å². The summed E-state index contributed by atoms with van der Waals surface area (Å²) in [6, 6.07) is 31.0. The molecule has 0 bridgehead atoms. The van der Waals surface area contributed by atoms with Crippen LogP contribution in [0.5, 0.6) is 11.5 Å². The first kappa shape index (κ1) is 27.4. The van der Waals surface area contributed by atoms with Gasteiger partial charge in [0.1, 0.15) is 34.9 Å². The second-order valence-corrected chi connectivity index (χ2v) is 11.6. The predicted molar refractivity (Wildman–Crippen MR) is 154 cm³/mol. The number of hydrogen-bond acceptors (Lipinski definition) is 4. The van der Waals surface area contributed by atoms with E-state index in [2.05, 4.69) is 0 Å². The summed E-state index contributed by atoms with van der Waals surface area (Å²) in [6.07, 6.45) is -1.54. The average molecular weight is 511 g/mol. The third-order valence-corrected chi connectivity index (χ3v) is 6.01. The largest absolute Gasteiger partial charge is 0.488 e. The van der Waals surface area contributed by atoms with Gasteiger partial charge in [0, 0.05) is 5.56 Å². The van der Waals surface area contributed by atoms with Crippen molar-refractivity contribution in [2.24, 2.45) is 0 Å². The Balaban J connectivity index is 1.49. The van der Waals surface area contributed by atoms with Gasteiger partial charge in [0.25, 0.3) is 0 Å². The van der Waals surface area contributed by atoms with E-state index in [1.807, 2.05) is 139 Å². The van der Waals surface area contributed by atoms with Gasteiger partial charge in [-0.15, -0.1) is 0 Å². The fourth-order valence-electron chi connectivity index (χ4n) is 4.32. The molecule has 0 aliphatic carbocycles. The molecule has 0 spiro atoms. The first-order valence-electron chi connectivity index (χ1n) is 13.0. The van der Waals surface area contributed by atoms with Gasteiger partial charge in [0.05, 0.1) is 0 Å². The van der Waals surface area contributed by atoms with Gasteiger partial charge < -0.3 is 19.7 Å². The highest BCUT2D eigenvalue weighted by atomic mass is 16.5. The van der Waals surface area contributed by atoms with Crippen molar-refractivity contribution in [3.05, 3.63) is 119 Å². The van der Waals surface area contributed by atoms with Crippen molar-refractivity contribution in [2.75, 3.05) is 0 Å². The molecule has 0 heterocycles. The fraction of sp³-hybridized carbons (Fsp3) is 0.294. The molecule has 198 valence electrons. The van der Waals surface area contributed by atoms with E-state index in [4.69, 9.17) is 9.47 Å². The van der Waals surface area contributed by atoms with Crippen LogP contribution in [0.3, 0.4) is 0 Å². The Labute approximate surface area is 226 Å². The van der Waals surface area contributed by atoms with Gasteiger partial charge in [-0.05, 0) is 87.6 Å². The van der Waals surface area contributed by atoms with E-state index in [0.717, 1.165) is 39.1 Å². The second-order valence-electron chi connectivity index (χ2n) is 11.6. The molecular weight excluding hydrogens is 472 g/mol. The Morgan fingerprint density at radius 3 is 1.61 bits per heavy atom. The smallest absolute Gasteiger partial charge is 0.126 e. The Hall–Kier alpha value is -3.60. The molecule has 0 saturated heterocycles. The van der Waals surface area contributed by atoms with Gasteiger partial charge in [-0.1, -0.05) is 78.9 Å². The minimum Gasteiger partial charge on any atom is -0.488 e. The molecule has 0 aliphatic heterocycles. The van der Waals surface area contributed by atoms with Crippen molar-refractivity contribution in [2.45, 2.75) is 65.0 Å². The summed E-state index contributed by atoms with van der Waals surface area (Å²) in [7, 11) is 0. The zero-order valence-corrected chi connectivity index (χ0v) is 23.1. The summed E-state index contributed by atoms with van der Waals surface area (Å²) in [4.78, 5) is 0. The van der Waals surface area contributed by atoms with Crippen LogP contribution in [0.1, 0.15) is 76.0 Å². The Kier molecular flexibility index (Phi) is 7.96. The maximum Gasteiger partial charge on any atom is 0.126 e. The number of hydrogen-bond donors (Lipinski definition) is 2. The predicted octanol–water partition coefficient (Wildman–Crippen LogP) is 7.87. The summed E-state index contributed by atoms with van der Waals surface area (Å²) in [5, 5.41) is 22.1. The van der Waals surface area contributed by atoms with Gasteiger partial charge in [0.15, 0.2) is 0 Å². The third-order valence-electron chi connectivity index (χ3n) is 6.01. The third kappa shape index (κ3) is 7.03. The van der Waals surface area contributed by atoms with Crippen molar-refractivity contribution in [1.82, 2.24) is 0 Å². The van der Waals surface area contributed by atoms with E-state index >= 15 is 0 Å². The molecule has 4 aromatic carbocycles. The molecule has 2 unspecified atom stereocenters. The summed E-state index contributed by atoms with van der Waals surface area (Å²) < 4.78 is 12.0. The number of rotatable bonds is 7. The highest BCUT2D eigenvalue weighted by Crippen LogP contribution is 2.34. The standard InChI is InChI=1S/C34H38O4/c1-33(2,3)37-28-11-9-10-27(22-28)31(35)25-18-14-23(15-19-25)24-16-20-26(21-17-24)32(36)29-12-7-8-13-30(29)38-34(4,5)6/h7-22,31-32,35-36H,1-6H3. The number of ether oxygens (including phenoxy) is 2. The van der Waals surface area contributed by atoms with Crippen molar-refractivity contribution in [3.63, 3.8) is 0 Å². The highest BCUT2D eigenvalue weighted by Gasteiger charge is 2.20. The molecule has 0 aromatic heterocycles. The van der Waals surface area contributed by atoms with Crippen molar-refractivity contribution in [1.29, 1.82) is 0 Å². The van der Waals surface area contributed by atoms with E-state index in [0.29, 0.717) is 5.75 Å². The van der Waals surface area contributed by atoms with Crippen molar-refractivity contribution >= 4 is 0 Å². The molecule has 4 aromatic rings.